The van der Waals surface area contributed by atoms with Crippen LogP contribution in [0.2, 0.25) is 0 Å². The van der Waals surface area contributed by atoms with Crippen LogP contribution in [0.5, 0.6) is 0 Å². The Kier molecular flexibility index (Phi) is 4.48. The Morgan fingerprint density at radius 2 is 2.05 bits per heavy atom. The molecule has 8 heteroatoms. The molecule has 1 unspecified atom stereocenters. The molecule has 1 aromatic carbocycles. The predicted octanol–water partition coefficient (Wildman–Crippen LogP) is 2.02. The molecule has 112 valence electrons. The average molecular weight is 328 g/mol. The highest BCUT2D eigenvalue weighted by atomic mass is 32.2. The van der Waals surface area contributed by atoms with E-state index in [1.165, 1.54) is 11.0 Å². The van der Waals surface area contributed by atoms with Crippen LogP contribution in [0.3, 0.4) is 0 Å². The Hall–Kier alpha value is -1.67. The molecule has 5 nitrogen and oxygen atoms in total. The lowest BCUT2D eigenvalue weighted by Gasteiger charge is -2.13. The Labute approximate surface area is 126 Å². The molecule has 0 spiro atoms. The average Bonchev–Trinajstić information content (AvgIpc) is 2.67. The number of nitrogens with zero attached hydrogens (tertiary/aromatic N) is 2. The van der Waals surface area contributed by atoms with Gasteiger partial charge in [0.2, 0.25) is 5.91 Å². The van der Waals surface area contributed by atoms with Gasteiger partial charge in [0, 0.05) is 6.54 Å². The van der Waals surface area contributed by atoms with E-state index in [2.05, 4.69) is 11.0 Å². The van der Waals surface area contributed by atoms with Gasteiger partial charge in [-0.25, -0.2) is 4.39 Å². The topological polar surface area (TPSA) is 66.8 Å². The second-order valence-electron chi connectivity index (χ2n) is 4.30. The number of halogens is 1. The lowest BCUT2D eigenvalue weighted by Crippen LogP contribution is -2.31. The van der Waals surface area contributed by atoms with Crippen LogP contribution in [0.25, 0.3) is 0 Å². The Balaban J connectivity index is 2.39. The summed E-state index contributed by atoms with van der Waals surface area (Å²) in [4.78, 5) is 13.0. The molecule has 21 heavy (non-hydrogen) atoms. The maximum atomic E-state index is 12.8. The van der Waals surface area contributed by atoms with Crippen molar-refractivity contribution in [3.05, 3.63) is 42.7 Å². The second-order valence-corrected chi connectivity index (χ2v) is 7.21. The maximum Gasteiger partial charge on any atom is 0.284 e. The van der Waals surface area contributed by atoms with Gasteiger partial charge in [-0.2, -0.15) is 8.42 Å². The molecule has 0 aromatic heterocycles. The highest BCUT2D eigenvalue weighted by Gasteiger charge is 2.35. The fourth-order valence-corrected chi connectivity index (χ4v) is 3.91. The molecule has 0 aliphatic carbocycles. The van der Waals surface area contributed by atoms with Crippen molar-refractivity contribution < 1.29 is 17.6 Å². The van der Waals surface area contributed by atoms with Gasteiger partial charge in [-0.1, -0.05) is 17.8 Å². The van der Waals surface area contributed by atoms with E-state index in [4.69, 9.17) is 0 Å². The van der Waals surface area contributed by atoms with Crippen molar-refractivity contribution in [3.63, 3.8) is 0 Å². The van der Waals surface area contributed by atoms with Crippen molar-refractivity contribution in [2.75, 3.05) is 6.54 Å². The summed E-state index contributed by atoms with van der Waals surface area (Å²) in [6, 6.07) is 4.36. The number of amides is 1. The van der Waals surface area contributed by atoms with Gasteiger partial charge in [-0.05, 0) is 31.2 Å². The van der Waals surface area contributed by atoms with Gasteiger partial charge < -0.3 is 0 Å². The van der Waals surface area contributed by atoms with E-state index in [0.717, 1.165) is 36.0 Å². The third kappa shape index (κ3) is 3.33. The first-order valence-corrected chi connectivity index (χ1v) is 8.36. The van der Waals surface area contributed by atoms with E-state index in [9.17, 15) is 17.6 Å². The summed E-state index contributed by atoms with van der Waals surface area (Å²) in [5.74, 6) is -0.748. The summed E-state index contributed by atoms with van der Waals surface area (Å²) in [6.07, 6.45) is 1.50. The van der Waals surface area contributed by atoms with E-state index in [0.29, 0.717) is 0 Å². The van der Waals surface area contributed by atoms with Gasteiger partial charge in [-0.3, -0.25) is 9.69 Å². The number of benzene rings is 1. The third-order valence-corrected chi connectivity index (χ3v) is 5.22. The molecule has 1 aliphatic heterocycles. The fraction of sp³-hybridized carbons (Fsp3) is 0.231. The quantitative estimate of drug-likeness (QED) is 0.793. The van der Waals surface area contributed by atoms with Crippen molar-refractivity contribution in [2.45, 2.75) is 17.1 Å². The first kappa shape index (κ1) is 15.7. The summed E-state index contributed by atoms with van der Waals surface area (Å²) in [5, 5.41) is -0.288. The Morgan fingerprint density at radius 1 is 1.43 bits per heavy atom. The zero-order chi connectivity index (χ0) is 15.6. The van der Waals surface area contributed by atoms with Crippen molar-refractivity contribution in [1.29, 1.82) is 0 Å². The monoisotopic (exact) mass is 328 g/mol. The zero-order valence-corrected chi connectivity index (χ0v) is 12.8. The number of carbonyl (C=O) groups excluding carboxylic acids is 1. The van der Waals surface area contributed by atoms with Crippen LogP contribution in [0.15, 0.2) is 46.2 Å². The van der Waals surface area contributed by atoms with Gasteiger partial charge in [-0.15, -0.1) is 11.0 Å². The molecule has 1 atom stereocenters. The molecular formula is C13H13FN2O3S2. The third-order valence-electron chi connectivity index (χ3n) is 2.75. The SMILES string of the molecule is C=CCN1C(=O)C(C)S/C1=N\S(=O)(=O)c1ccc(F)cc1. The van der Waals surface area contributed by atoms with E-state index >= 15 is 0 Å². The van der Waals surface area contributed by atoms with E-state index in [1.54, 1.807) is 6.92 Å². The number of rotatable bonds is 4. The molecule has 0 bridgehead atoms. The van der Waals surface area contributed by atoms with Crippen LogP contribution in [0, 0.1) is 5.82 Å². The smallest absolute Gasteiger partial charge is 0.284 e. The number of sulfonamides is 1. The van der Waals surface area contributed by atoms with E-state index < -0.39 is 21.1 Å². The molecule has 1 aromatic rings. The first-order valence-electron chi connectivity index (χ1n) is 6.04. The zero-order valence-electron chi connectivity index (χ0n) is 11.2. The van der Waals surface area contributed by atoms with Crippen molar-refractivity contribution in [1.82, 2.24) is 4.90 Å². The molecular weight excluding hydrogens is 315 g/mol. The van der Waals surface area contributed by atoms with Crippen LogP contribution in [-0.4, -0.2) is 36.2 Å². The summed E-state index contributed by atoms with van der Waals surface area (Å²) >= 11 is 1.07. The molecule has 1 heterocycles. The normalized spacial score (nSPS) is 21.0. The minimum Gasteiger partial charge on any atom is -0.286 e. The highest BCUT2D eigenvalue weighted by Crippen LogP contribution is 2.28. The maximum absolute atomic E-state index is 12.8. The van der Waals surface area contributed by atoms with E-state index in [-0.39, 0.29) is 22.5 Å². The second kappa shape index (κ2) is 5.98. The lowest BCUT2D eigenvalue weighted by molar-refractivity contribution is -0.125. The largest absolute Gasteiger partial charge is 0.286 e. The lowest BCUT2D eigenvalue weighted by atomic mass is 10.4. The van der Waals surface area contributed by atoms with Crippen LogP contribution < -0.4 is 0 Å². The number of amidine groups is 1. The Morgan fingerprint density at radius 3 is 2.62 bits per heavy atom. The molecule has 2 rings (SSSR count). The molecule has 1 aliphatic rings. The molecule has 0 radical (unpaired) electrons. The van der Waals surface area contributed by atoms with Gasteiger partial charge in [0.25, 0.3) is 10.0 Å². The highest BCUT2D eigenvalue weighted by molar-refractivity contribution is 8.16. The van der Waals surface area contributed by atoms with Gasteiger partial charge in [0.1, 0.15) is 5.82 Å². The standard InChI is InChI=1S/C13H13FN2O3S2/c1-3-8-16-12(17)9(2)20-13(16)15-21(18,19)11-6-4-10(14)5-7-11/h3-7,9H,1,8H2,2H3/b15-13-. The fourth-order valence-electron chi connectivity index (χ4n) is 1.72. The molecule has 1 amide bonds. The molecule has 0 N–H and O–H groups in total. The van der Waals surface area contributed by atoms with Crippen molar-refractivity contribution >= 4 is 32.9 Å². The van der Waals surface area contributed by atoms with Crippen molar-refractivity contribution in [2.24, 2.45) is 4.40 Å². The number of thioether (sulfide) groups is 1. The first-order chi connectivity index (χ1) is 9.85. The van der Waals surface area contributed by atoms with Crippen LogP contribution in [0.4, 0.5) is 4.39 Å². The minimum atomic E-state index is -3.99. The summed E-state index contributed by atoms with van der Waals surface area (Å²) < 4.78 is 40.9. The van der Waals surface area contributed by atoms with Gasteiger partial charge >= 0.3 is 0 Å². The van der Waals surface area contributed by atoms with E-state index in [1.807, 2.05) is 0 Å². The van der Waals surface area contributed by atoms with Crippen molar-refractivity contribution in [3.8, 4) is 0 Å². The molecule has 0 saturated carbocycles. The van der Waals surface area contributed by atoms with Crippen LogP contribution in [0.1, 0.15) is 6.92 Å². The number of carbonyl (C=O) groups is 1. The van der Waals surface area contributed by atoms with Crippen LogP contribution >= 0.6 is 11.8 Å². The van der Waals surface area contributed by atoms with Gasteiger partial charge in [0.05, 0.1) is 10.1 Å². The molecule has 1 fully saturated rings. The summed E-state index contributed by atoms with van der Waals surface area (Å²) in [6.45, 7) is 5.40. The Bertz CT molecular complexity index is 699. The number of hydrogen-bond donors (Lipinski definition) is 0. The van der Waals surface area contributed by atoms with Gasteiger partial charge in [0.15, 0.2) is 5.17 Å². The summed E-state index contributed by atoms with van der Waals surface area (Å²) in [5.41, 5.74) is 0. The molecule has 1 saturated heterocycles. The minimum absolute atomic E-state index is 0.108. The predicted molar refractivity (Wildman–Crippen MR) is 80.0 cm³/mol. The van der Waals surface area contributed by atoms with Crippen LogP contribution in [-0.2, 0) is 14.8 Å². The summed E-state index contributed by atoms with van der Waals surface area (Å²) in [7, 11) is -3.99. The number of hydrogen-bond acceptors (Lipinski definition) is 4.